The molecule has 1 unspecified atom stereocenters. The Labute approximate surface area is 356 Å². The predicted molar refractivity (Wildman–Crippen MR) is 228 cm³/mol. The maximum atomic E-state index is 13.6. The summed E-state index contributed by atoms with van der Waals surface area (Å²) in [4.78, 5) is 80.3. The van der Waals surface area contributed by atoms with E-state index in [0.29, 0.717) is 45.5 Å². The minimum absolute atomic E-state index is 0.0796. The molecule has 2 aromatic carbocycles. The lowest BCUT2D eigenvalue weighted by Crippen LogP contribution is -2.66. The minimum Gasteiger partial charge on any atom is -0.489 e. The van der Waals surface area contributed by atoms with E-state index in [1.807, 2.05) is 18.2 Å². The Morgan fingerprint density at radius 1 is 0.883 bits per heavy atom. The van der Waals surface area contributed by atoms with Crippen molar-refractivity contribution in [1.82, 2.24) is 20.1 Å². The number of nitrogens with zero attached hydrogens (tertiary/aromatic N) is 6. The first-order valence-corrected chi connectivity index (χ1v) is 21.4. The van der Waals surface area contributed by atoms with Crippen molar-refractivity contribution in [3.05, 3.63) is 87.9 Å². The first kappa shape index (κ1) is 41.4. The molecule has 4 amide bonds. The number of carbonyl (C=O) groups excluding carboxylic acids is 5. The van der Waals surface area contributed by atoms with Gasteiger partial charge < -0.3 is 14.5 Å². The van der Waals surface area contributed by atoms with Gasteiger partial charge >= 0.3 is 0 Å². The largest absolute Gasteiger partial charge is 0.489 e. The van der Waals surface area contributed by atoms with Crippen molar-refractivity contribution in [2.24, 2.45) is 22.7 Å². The van der Waals surface area contributed by atoms with Crippen LogP contribution in [0.4, 0.5) is 17.2 Å². The molecule has 4 aliphatic heterocycles. The van der Waals surface area contributed by atoms with Crippen LogP contribution >= 0.6 is 11.6 Å². The monoisotopic (exact) mass is 833 g/mol. The second-order valence-electron chi connectivity index (χ2n) is 18.2. The van der Waals surface area contributed by atoms with E-state index in [-0.39, 0.29) is 47.4 Å². The van der Waals surface area contributed by atoms with Gasteiger partial charge in [-0.2, -0.15) is 0 Å². The summed E-state index contributed by atoms with van der Waals surface area (Å²) in [6.07, 6.45) is 5.43. The number of aromatic nitrogens is 1. The van der Waals surface area contributed by atoms with Gasteiger partial charge in [-0.3, -0.25) is 39.1 Å². The number of imide groups is 2. The fourth-order valence-corrected chi connectivity index (χ4v) is 10.8. The van der Waals surface area contributed by atoms with Crippen molar-refractivity contribution >= 4 is 58.2 Å². The van der Waals surface area contributed by atoms with Crippen LogP contribution in [0.5, 0.6) is 5.75 Å². The van der Waals surface area contributed by atoms with Gasteiger partial charge in [-0.1, -0.05) is 45.4 Å². The summed E-state index contributed by atoms with van der Waals surface area (Å²) in [5.41, 5.74) is 2.03. The van der Waals surface area contributed by atoms with E-state index in [1.165, 1.54) is 0 Å². The topological polar surface area (TPSA) is 137 Å². The van der Waals surface area contributed by atoms with Gasteiger partial charge in [0, 0.05) is 80.4 Å². The molecule has 3 saturated heterocycles. The molecule has 314 valence electrons. The van der Waals surface area contributed by atoms with Crippen LogP contribution in [0.2, 0.25) is 5.02 Å². The number of pyridine rings is 1. The molecule has 1 atom stereocenters. The number of fused-ring (bicyclic) bond motifs is 1. The van der Waals surface area contributed by atoms with Crippen LogP contribution in [0.1, 0.15) is 97.3 Å². The first-order valence-electron chi connectivity index (χ1n) is 21.1. The summed E-state index contributed by atoms with van der Waals surface area (Å²) < 4.78 is 6.42. The smallest absolute Gasteiger partial charge is 0.262 e. The lowest BCUT2D eigenvalue weighted by Gasteiger charge is -2.63. The molecule has 1 saturated carbocycles. The summed E-state index contributed by atoms with van der Waals surface area (Å²) >= 11 is 6.27. The zero-order valence-electron chi connectivity index (χ0n) is 34.7. The molecule has 13 nitrogen and oxygen atoms in total. The van der Waals surface area contributed by atoms with Gasteiger partial charge in [0.05, 0.1) is 22.7 Å². The number of halogens is 1. The van der Waals surface area contributed by atoms with Gasteiger partial charge in [-0.15, -0.1) is 0 Å². The summed E-state index contributed by atoms with van der Waals surface area (Å²) in [5.74, 6) is 0.341. The Hall–Kier alpha value is -5.32. The van der Waals surface area contributed by atoms with Crippen LogP contribution < -0.4 is 19.9 Å². The number of Topliss-reactive ketones (excluding diaryl/α,β-unsaturated/α-hetero) is 1. The van der Waals surface area contributed by atoms with Crippen LogP contribution in [0.15, 0.2) is 54.7 Å². The lowest BCUT2D eigenvalue weighted by atomic mass is 9.44. The zero-order valence-corrected chi connectivity index (χ0v) is 35.5. The number of piperidine rings is 2. The fourth-order valence-electron chi connectivity index (χ4n) is 10.5. The van der Waals surface area contributed by atoms with Gasteiger partial charge in [-0.25, -0.2) is 9.83 Å². The van der Waals surface area contributed by atoms with Crippen molar-refractivity contribution in [3.63, 3.8) is 0 Å². The van der Waals surface area contributed by atoms with Crippen LogP contribution in [0.25, 0.3) is 4.85 Å². The van der Waals surface area contributed by atoms with Crippen LogP contribution in [0, 0.1) is 29.2 Å². The highest BCUT2D eigenvalue weighted by Crippen LogP contribution is 2.62. The third-order valence-electron chi connectivity index (χ3n) is 13.9. The van der Waals surface area contributed by atoms with Crippen molar-refractivity contribution in [2.45, 2.75) is 78.4 Å². The van der Waals surface area contributed by atoms with Crippen LogP contribution in [-0.4, -0.2) is 102 Å². The fraction of sp³-hybridized carbons (Fsp3) is 0.500. The molecule has 5 aliphatic rings. The molecule has 0 bridgehead atoms. The van der Waals surface area contributed by atoms with Crippen LogP contribution in [-0.2, 0) is 9.59 Å². The highest BCUT2D eigenvalue weighted by molar-refractivity contribution is 6.33. The average molecular weight is 834 g/mol. The molecule has 3 aromatic rings. The number of nitrogens with one attached hydrogen (secondary N) is 1. The maximum Gasteiger partial charge on any atom is 0.262 e. The molecule has 60 heavy (non-hydrogen) atoms. The SMILES string of the molecule is [C-]#[N+]c1ccc(OC2C(C)(C)C(CC(=O)c3ccc(N4CCN(CCC5CCN(c6ccc7c(c6)C(=O)N(C6CCC(=O)NC6=O)C7=O)CC5)CC4)nc3)C2(C)C)cc1Cl. The molecule has 0 radical (unpaired) electrons. The Morgan fingerprint density at radius 3 is 2.25 bits per heavy atom. The van der Waals surface area contributed by atoms with Crippen molar-refractivity contribution < 1.29 is 28.7 Å². The van der Waals surface area contributed by atoms with Crippen molar-refractivity contribution in [1.29, 1.82) is 0 Å². The number of amides is 4. The van der Waals surface area contributed by atoms with Crippen molar-refractivity contribution in [2.75, 3.05) is 55.6 Å². The molecular weight excluding hydrogens is 782 g/mol. The predicted octanol–water partition coefficient (Wildman–Crippen LogP) is 6.82. The molecule has 5 heterocycles. The summed E-state index contributed by atoms with van der Waals surface area (Å²) in [5, 5.41) is 2.61. The quantitative estimate of drug-likeness (QED) is 0.125. The molecule has 1 aromatic heterocycles. The van der Waals surface area contributed by atoms with E-state index in [2.05, 4.69) is 52.6 Å². The molecule has 8 rings (SSSR count). The van der Waals surface area contributed by atoms with E-state index in [9.17, 15) is 24.0 Å². The Kier molecular flexibility index (Phi) is 11.2. The highest BCUT2D eigenvalue weighted by Gasteiger charge is 2.63. The van der Waals surface area contributed by atoms with Crippen molar-refractivity contribution in [3.8, 4) is 5.75 Å². The molecular formula is C46H52ClN7O6. The Morgan fingerprint density at radius 2 is 1.60 bits per heavy atom. The Balaban J connectivity index is 0.769. The average Bonchev–Trinajstić information content (AvgIpc) is 3.49. The standard InChI is InChI=1S/C46H52ClN7O6/c1-45(2)38(46(3,4)44(45)60-31-8-10-35(48-5)34(47)25-31)26-37(55)29-6-12-39(49-27-29)53-22-20-51(21-23-53)17-14-28-15-18-52(19-16-28)30-7-9-32-33(24-30)43(59)54(42(32)58)36-11-13-40(56)50-41(36)57/h6-10,12,24-25,27-28,36,38,44H,11,13-23,26H2,1-4H3,(H,50,56,57). The summed E-state index contributed by atoms with van der Waals surface area (Å²) in [6, 6.07) is 13.4. The number of hydrogen-bond donors (Lipinski definition) is 1. The molecule has 14 heteroatoms. The summed E-state index contributed by atoms with van der Waals surface area (Å²) in [6.45, 7) is 22.2. The highest BCUT2D eigenvalue weighted by atomic mass is 35.5. The molecule has 0 spiro atoms. The first-order chi connectivity index (χ1) is 28.6. The number of ether oxygens (including phenoxy) is 1. The van der Waals surface area contributed by atoms with E-state index >= 15 is 0 Å². The number of rotatable bonds is 11. The van der Waals surface area contributed by atoms with E-state index in [4.69, 9.17) is 27.9 Å². The number of hydrogen-bond acceptors (Lipinski definition) is 10. The molecule has 1 N–H and O–H groups in total. The molecule has 4 fully saturated rings. The maximum absolute atomic E-state index is 13.6. The van der Waals surface area contributed by atoms with Crippen LogP contribution in [0.3, 0.4) is 0 Å². The third kappa shape index (κ3) is 7.76. The lowest BCUT2D eigenvalue weighted by molar-refractivity contribution is -0.196. The number of piperazine rings is 1. The zero-order chi connectivity index (χ0) is 42.5. The second kappa shape index (κ2) is 16.3. The number of ketones is 1. The normalized spacial score (nSPS) is 24.1. The Bertz CT molecular complexity index is 2240. The van der Waals surface area contributed by atoms with Gasteiger partial charge in [-0.05, 0) is 86.5 Å². The number of benzene rings is 2. The minimum atomic E-state index is -0.969. The van der Waals surface area contributed by atoms with E-state index in [0.717, 1.165) is 81.5 Å². The van der Waals surface area contributed by atoms with E-state index in [1.54, 1.807) is 36.5 Å². The molecule has 1 aliphatic carbocycles. The third-order valence-corrected chi connectivity index (χ3v) is 14.2. The number of anilines is 2. The second-order valence-corrected chi connectivity index (χ2v) is 18.6. The van der Waals surface area contributed by atoms with E-state index < -0.39 is 23.8 Å². The van der Waals surface area contributed by atoms with Gasteiger partial charge in [0.25, 0.3) is 11.8 Å². The summed E-state index contributed by atoms with van der Waals surface area (Å²) in [7, 11) is 0. The van der Waals surface area contributed by atoms with Gasteiger partial charge in [0.1, 0.15) is 23.7 Å². The van der Waals surface area contributed by atoms with Gasteiger partial charge in [0.2, 0.25) is 17.5 Å². The number of carbonyl (C=O) groups is 5. The van der Waals surface area contributed by atoms with Gasteiger partial charge in [0.15, 0.2) is 5.78 Å².